The fourth-order valence-corrected chi connectivity index (χ4v) is 4.40. The zero-order valence-electron chi connectivity index (χ0n) is 17.6. The topological polar surface area (TPSA) is 83.8 Å². The molecule has 0 spiro atoms. The Kier molecular flexibility index (Phi) is 5.15. The monoisotopic (exact) mass is 429 g/mol. The number of Topliss-reactive ketones (excluding diaryl/α,β-unsaturated/α-hetero) is 1. The Balaban J connectivity index is 1.67. The highest BCUT2D eigenvalue weighted by atomic mass is 16.5. The minimum absolute atomic E-state index is 0.0167. The number of para-hydroxylation sites is 4. The number of furan rings is 1. The number of allylic oxidation sites excluding steroid dienone is 1. The summed E-state index contributed by atoms with van der Waals surface area (Å²) in [6.07, 6.45) is 3.50. The van der Waals surface area contributed by atoms with E-state index < -0.39 is 12.1 Å². The fraction of sp³-hybridized carbons (Fsp3) is 0.200. The van der Waals surface area contributed by atoms with Crippen molar-refractivity contribution in [1.82, 2.24) is 0 Å². The smallest absolute Gasteiger partial charge is 0.327 e. The summed E-state index contributed by atoms with van der Waals surface area (Å²) < 4.78 is 11.2. The molecule has 2 heterocycles. The van der Waals surface area contributed by atoms with Crippen LogP contribution < -0.4 is 20.3 Å². The summed E-state index contributed by atoms with van der Waals surface area (Å²) in [7, 11) is 1.56. The molecule has 162 valence electrons. The van der Waals surface area contributed by atoms with E-state index >= 15 is 0 Å². The van der Waals surface area contributed by atoms with E-state index in [0.29, 0.717) is 34.9 Å². The third-order valence-corrected chi connectivity index (χ3v) is 5.82. The zero-order valence-corrected chi connectivity index (χ0v) is 17.6. The standard InChI is InChI=1S/C25H23N3O4/c1-31-21-13-5-3-9-17(21)27-25(30)28-19-11-4-2-8-16(19)26-18-10-6-12-20(29)23(18)24(28)22-14-7-15-32-22/h2-5,7-9,11,13-15,24,26H,6,10,12H2,1H3,(H,27,30)/t24-/m0/s1. The lowest BCUT2D eigenvalue weighted by Crippen LogP contribution is -2.40. The van der Waals surface area contributed by atoms with E-state index in [1.165, 1.54) is 0 Å². The number of nitrogens with zero attached hydrogens (tertiary/aromatic N) is 1. The van der Waals surface area contributed by atoms with Crippen LogP contribution in [0.3, 0.4) is 0 Å². The number of ketones is 1. The molecule has 0 saturated heterocycles. The second-order valence-corrected chi connectivity index (χ2v) is 7.73. The van der Waals surface area contributed by atoms with E-state index in [2.05, 4.69) is 10.6 Å². The normalized spacial score (nSPS) is 17.7. The third-order valence-electron chi connectivity index (χ3n) is 5.82. The van der Waals surface area contributed by atoms with Gasteiger partial charge < -0.3 is 19.8 Å². The van der Waals surface area contributed by atoms with Crippen LogP contribution in [0.2, 0.25) is 0 Å². The molecular weight excluding hydrogens is 406 g/mol. The van der Waals surface area contributed by atoms with Gasteiger partial charge in [0.25, 0.3) is 0 Å². The Morgan fingerprint density at radius 3 is 2.72 bits per heavy atom. The van der Waals surface area contributed by atoms with Crippen molar-refractivity contribution in [3.63, 3.8) is 0 Å². The van der Waals surface area contributed by atoms with Crippen molar-refractivity contribution >= 4 is 28.9 Å². The van der Waals surface area contributed by atoms with Gasteiger partial charge in [0.1, 0.15) is 17.6 Å². The van der Waals surface area contributed by atoms with Crippen LogP contribution >= 0.6 is 0 Å². The molecule has 1 aromatic heterocycles. The number of nitrogens with one attached hydrogen (secondary N) is 2. The van der Waals surface area contributed by atoms with Gasteiger partial charge in [-0.15, -0.1) is 0 Å². The minimum Gasteiger partial charge on any atom is -0.495 e. The first-order valence-electron chi connectivity index (χ1n) is 10.6. The van der Waals surface area contributed by atoms with Crippen LogP contribution in [0.15, 0.2) is 82.6 Å². The summed E-state index contributed by atoms with van der Waals surface area (Å²) in [6, 6.07) is 17.2. The number of hydrogen-bond acceptors (Lipinski definition) is 5. The molecule has 7 heteroatoms. The maximum atomic E-state index is 13.8. The molecule has 2 aromatic carbocycles. The van der Waals surface area contributed by atoms with Crippen LogP contribution in [0.5, 0.6) is 5.75 Å². The number of methoxy groups -OCH3 is 1. The van der Waals surface area contributed by atoms with Gasteiger partial charge in [-0.05, 0) is 49.2 Å². The van der Waals surface area contributed by atoms with Crippen LogP contribution in [-0.2, 0) is 4.79 Å². The number of ether oxygens (including phenoxy) is 1. The molecule has 2 amide bonds. The summed E-state index contributed by atoms with van der Waals surface area (Å²) in [6.45, 7) is 0. The molecule has 1 atom stereocenters. The van der Waals surface area contributed by atoms with Crippen molar-refractivity contribution in [1.29, 1.82) is 0 Å². The minimum atomic E-state index is -0.696. The first-order chi connectivity index (χ1) is 15.7. The van der Waals surface area contributed by atoms with Crippen molar-refractivity contribution in [3.05, 3.63) is 84.0 Å². The highest BCUT2D eigenvalue weighted by molar-refractivity contribution is 6.09. The molecule has 7 nitrogen and oxygen atoms in total. The van der Waals surface area contributed by atoms with E-state index in [4.69, 9.17) is 9.15 Å². The third kappa shape index (κ3) is 3.41. The summed E-state index contributed by atoms with van der Waals surface area (Å²) in [5.41, 5.74) is 3.36. The first-order valence-corrected chi connectivity index (χ1v) is 10.6. The molecule has 2 N–H and O–H groups in total. The lowest BCUT2D eigenvalue weighted by atomic mass is 9.88. The zero-order chi connectivity index (χ0) is 22.1. The molecule has 0 bridgehead atoms. The Labute approximate surface area is 185 Å². The number of carbonyl (C=O) groups is 2. The largest absolute Gasteiger partial charge is 0.495 e. The summed E-state index contributed by atoms with van der Waals surface area (Å²) in [4.78, 5) is 28.5. The maximum Gasteiger partial charge on any atom is 0.327 e. The molecule has 1 aliphatic carbocycles. The van der Waals surface area contributed by atoms with Crippen LogP contribution in [0.1, 0.15) is 31.1 Å². The average Bonchev–Trinajstić information content (AvgIpc) is 3.29. The highest BCUT2D eigenvalue weighted by Gasteiger charge is 2.41. The van der Waals surface area contributed by atoms with Crippen LogP contribution in [0.4, 0.5) is 21.9 Å². The highest BCUT2D eigenvalue weighted by Crippen LogP contribution is 2.45. The molecule has 32 heavy (non-hydrogen) atoms. The van der Waals surface area contributed by atoms with Gasteiger partial charge in [0.2, 0.25) is 0 Å². The van der Waals surface area contributed by atoms with Gasteiger partial charge in [-0.1, -0.05) is 24.3 Å². The predicted octanol–water partition coefficient (Wildman–Crippen LogP) is 5.50. The van der Waals surface area contributed by atoms with Crippen LogP contribution in [-0.4, -0.2) is 18.9 Å². The molecule has 2 aliphatic rings. The number of amides is 2. The van der Waals surface area contributed by atoms with Gasteiger partial charge in [0.15, 0.2) is 5.78 Å². The Bertz CT molecular complexity index is 1200. The van der Waals surface area contributed by atoms with Crippen molar-refractivity contribution in [2.45, 2.75) is 25.3 Å². The fourth-order valence-electron chi connectivity index (χ4n) is 4.40. The van der Waals surface area contributed by atoms with E-state index in [-0.39, 0.29) is 5.78 Å². The van der Waals surface area contributed by atoms with Gasteiger partial charge in [0, 0.05) is 17.7 Å². The van der Waals surface area contributed by atoms with Crippen molar-refractivity contribution in [2.24, 2.45) is 0 Å². The van der Waals surface area contributed by atoms with Gasteiger partial charge in [-0.2, -0.15) is 0 Å². The van der Waals surface area contributed by atoms with Crippen molar-refractivity contribution in [3.8, 4) is 5.75 Å². The van der Waals surface area contributed by atoms with E-state index in [9.17, 15) is 9.59 Å². The molecule has 0 unspecified atom stereocenters. The lowest BCUT2D eigenvalue weighted by molar-refractivity contribution is -0.116. The molecule has 0 saturated carbocycles. The summed E-state index contributed by atoms with van der Waals surface area (Å²) in [5, 5.41) is 6.39. The summed E-state index contributed by atoms with van der Waals surface area (Å²) >= 11 is 0. The number of anilines is 3. The molecular formula is C25H23N3O4. The Hall–Kier alpha value is -4.00. The number of benzene rings is 2. The number of urea groups is 1. The van der Waals surface area contributed by atoms with Gasteiger partial charge in [0.05, 0.1) is 30.4 Å². The maximum absolute atomic E-state index is 13.8. The van der Waals surface area contributed by atoms with Crippen LogP contribution in [0, 0.1) is 0 Å². The Morgan fingerprint density at radius 2 is 1.91 bits per heavy atom. The van der Waals surface area contributed by atoms with Gasteiger partial charge >= 0.3 is 6.03 Å². The van der Waals surface area contributed by atoms with Gasteiger partial charge in [-0.25, -0.2) is 4.79 Å². The van der Waals surface area contributed by atoms with Crippen LogP contribution in [0.25, 0.3) is 0 Å². The molecule has 0 radical (unpaired) electrons. The Morgan fingerprint density at radius 1 is 1.09 bits per heavy atom. The predicted molar refractivity (Wildman–Crippen MR) is 122 cm³/mol. The van der Waals surface area contributed by atoms with Crippen molar-refractivity contribution in [2.75, 3.05) is 22.6 Å². The second-order valence-electron chi connectivity index (χ2n) is 7.73. The number of carbonyl (C=O) groups excluding carboxylic acids is 2. The number of fused-ring (bicyclic) bond motifs is 1. The van der Waals surface area contributed by atoms with E-state index in [1.807, 2.05) is 36.4 Å². The van der Waals surface area contributed by atoms with Gasteiger partial charge in [-0.3, -0.25) is 9.69 Å². The second kappa shape index (κ2) is 8.26. The molecule has 0 fully saturated rings. The average molecular weight is 429 g/mol. The SMILES string of the molecule is COc1ccccc1NC(=O)N1c2ccccc2NC2=C(C(=O)CCC2)[C@@H]1c1ccco1. The molecule has 5 rings (SSSR count). The number of hydrogen-bond donors (Lipinski definition) is 2. The van der Waals surface area contributed by atoms with Crippen molar-refractivity contribution < 1.29 is 18.7 Å². The van der Waals surface area contributed by atoms with E-state index in [1.54, 1.807) is 42.5 Å². The molecule has 1 aliphatic heterocycles. The van der Waals surface area contributed by atoms with E-state index in [0.717, 1.165) is 24.2 Å². The number of rotatable bonds is 3. The summed E-state index contributed by atoms with van der Waals surface area (Å²) in [5.74, 6) is 1.09. The molecule has 3 aromatic rings. The lowest BCUT2D eigenvalue weighted by Gasteiger charge is -2.32. The quantitative estimate of drug-likeness (QED) is 0.574. The first kappa shape index (κ1) is 19.9.